The predicted molar refractivity (Wildman–Crippen MR) is 98.9 cm³/mol. The normalized spacial score (nSPS) is 16.7. The molecule has 0 aromatic heterocycles. The highest BCUT2D eigenvalue weighted by molar-refractivity contribution is 5.95. The van der Waals surface area contributed by atoms with Crippen LogP contribution in [0.15, 0.2) is 42.5 Å². The number of benzene rings is 2. The van der Waals surface area contributed by atoms with Crippen molar-refractivity contribution in [1.29, 1.82) is 0 Å². The topological polar surface area (TPSA) is 76.7 Å². The molecule has 0 spiro atoms. The van der Waals surface area contributed by atoms with Gasteiger partial charge in [0.15, 0.2) is 0 Å². The molecule has 0 radical (unpaired) electrons. The molecule has 0 bridgehead atoms. The van der Waals surface area contributed by atoms with Gasteiger partial charge in [-0.1, -0.05) is 0 Å². The highest BCUT2D eigenvalue weighted by Gasteiger charge is 2.30. The van der Waals surface area contributed by atoms with Gasteiger partial charge in [-0.2, -0.15) is 13.2 Å². The van der Waals surface area contributed by atoms with E-state index in [0.717, 1.165) is 12.1 Å². The van der Waals surface area contributed by atoms with Crippen molar-refractivity contribution < 1.29 is 32.2 Å². The first-order valence-corrected chi connectivity index (χ1v) is 8.87. The second-order valence-electron chi connectivity index (χ2n) is 6.52. The minimum Gasteiger partial charge on any atom is -0.495 e. The zero-order valence-corrected chi connectivity index (χ0v) is 15.5. The van der Waals surface area contributed by atoms with Crippen molar-refractivity contribution in [1.82, 2.24) is 5.32 Å². The first-order valence-electron chi connectivity index (χ1n) is 8.87. The predicted octanol–water partition coefficient (Wildman–Crippen LogP) is 3.97. The van der Waals surface area contributed by atoms with E-state index in [1.165, 1.54) is 25.3 Å². The van der Waals surface area contributed by atoms with Gasteiger partial charge in [0, 0.05) is 19.0 Å². The van der Waals surface area contributed by atoms with Crippen LogP contribution < -0.4 is 20.1 Å². The quantitative estimate of drug-likeness (QED) is 0.785. The van der Waals surface area contributed by atoms with Gasteiger partial charge in [0.1, 0.15) is 17.2 Å². The van der Waals surface area contributed by atoms with Gasteiger partial charge in [0.25, 0.3) is 0 Å². The number of carbonyl (C=O) groups is 2. The number of methoxy groups -OCH3 is 1. The van der Waals surface area contributed by atoms with E-state index < -0.39 is 11.7 Å². The highest BCUT2D eigenvalue weighted by Crippen LogP contribution is 2.34. The Morgan fingerprint density at radius 2 is 1.83 bits per heavy atom. The average molecular weight is 408 g/mol. The van der Waals surface area contributed by atoms with Crippen molar-refractivity contribution in [3.05, 3.63) is 48.0 Å². The van der Waals surface area contributed by atoms with Gasteiger partial charge in [0.2, 0.25) is 11.8 Å². The molecule has 29 heavy (non-hydrogen) atoms. The van der Waals surface area contributed by atoms with E-state index in [1.54, 1.807) is 12.1 Å². The Bertz CT molecular complexity index is 888. The molecule has 1 heterocycles. The Kier molecular flexibility index (Phi) is 5.95. The summed E-state index contributed by atoms with van der Waals surface area (Å²) in [4.78, 5) is 23.7. The van der Waals surface area contributed by atoms with E-state index >= 15 is 0 Å². The molecule has 1 aliphatic rings. The fraction of sp³-hybridized carbons (Fsp3) is 0.300. The Balaban J connectivity index is 1.73. The monoisotopic (exact) mass is 408 g/mol. The van der Waals surface area contributed by atoms with Crippen LogP contribution >= 0.6 is 0 Å². The first-order chi connectivity index (χ1) is 13.8. The van der Waals surface area contributed by atoms with Crippen LogP contribution in [0.1, 0.15) is 18.4 Å². The summed E-state index contributed by atoms with van der Waals surface area (Å²) >= 11 is 0. The first kappa shape index (κ1) is 20.5. The number of hydrogen-bond acceptors (Lipinski definition) is 4. The fourth-order valence-corrected chi connectivity index (χ4v) is 2.89. The van der Waals surface area contributed by atoms with Crippen molar-refractivity contribution in [2.24, 2.45) is 5.92 Å². The van der Waals surface area contributed by atoms with Crippen molar-refractivity contribution in [2.45, 2.75) is 19.0 Å². The van der Waals surface area contributed by atoms with Crippen molar-refractivity contribution in [3.63, 3.8) is 0 Å². The summed E-state index contributed by atoms with van der Waals surface area (Å²) in [6.45, 7) is 0.259. The molecule has 2 amide bonds. The molecule has 2 aromatic rings. The van der Waals surface area contributed by atoms with Crippen LogP contribution in [0.4, 0.5) is 18.9 Å². The molecule has 6 nitrogen and oxygen atoms in total. The third kappa shape index (κ3) is 5.18. The van der Waals surface area contributed by atoms with Gasteiger partial charge in [-0.3, -0.25) is 9.59 Å². The van der Waals surface area contributed by atoms with Crippen LogP contribution in [0.2, 0.25) is 0 Å². The molecule has 0 aliphatic carbocycles. The molecule has 1 saturated heterocycles. The molecule has 1 aliphatic heterocycles. The SMILES string of the molecule is COc1ccc(Oc2ccc(C(F)(F)F)cc2)cc1NC(=O)C1CCC(=O)NC1. The van der Waals surface area contributed by atoms with E-state index in [0.29, 0.717) is 23.6 Å². The maximum atomic E-state index is 12.7. The van der Waals surface area contributed by atoms with Gasteiger partial charge in [-0.15, -0.1) is 0 Å². The number of amides is 2. The van der Waals surface area contributed by atoms with E-state index in [9.17, 15) is 22.8 Å². The Hall–Kier alpha value is -3.23. The summed E-state index contributed by atoms with van der Waals surface area (Å²) < 4.78 is 48.8. The molecule has 1 atom stereocenters. The molecular weight excluding hydrogens is 389 g/mol. The number of ether oxygens (including phenoxy) is 2. The van der Waals surface area contributed by atoms with Gasteiger partial charge in [-0.05, 0) is 42.8 Å². The molecule has 2 N–H and O–H groups in total. The smallest absolute Gasteiger partial charge is 0.416 e. The van der Waals surface area contributed by atoms with E-state index in [-0.39, 0.29) is 36.4 Å². The zero-order valence-electron chi connectivity index (χ0n) is 15.5. The number of carbonyl (C=O) groups excluding carboxylic acids is 2. The fourth-order valence-electron chi connectivity index (χ4n) is 2.89. The largest absolute Gasteiger partial charge is 0.495 e. The minimum absolute atomic E-state index is 0.0847. The number of alkyl halides is 3. The van der Waals surface area contributed by atoms with Crippen LogP contribution in [-0.2, 0) is 15.8 Å². The van der Waals surface area contributed by atoms with Gasteiger partial charge in [0.05, 0.1) is 24.3 Å². The Morgan fingerprint density at radius 3 is 2.41 bits per heavy atom. The van der Waals surface area contributed by atoms with Crippen LogP contribution in [0.25, 0.3) is 0 Å². The Labute approximate surface area is 165 Å². The van der Waals surface area contributed by atoms with Crippen LogP contribution in [0.5, 0.6) is 17.2 Å². The summed E-state index contributed by atoms with van der Waals surface area (Å²) in [6, 6.07) is 8.98. The number of piperidine rings is 1. The number of hydrogen-bond donors (Lipinski definition) is 2. The van der Waals surface area contributed by atoms with Crippen LogP contribution in [-0.4, -0.2) is 25.5 Å². The lowest BCUT2D eigenvalue weighted by molar-refractivity contribution is -0.137. The van der Waals surface area contributed by atoms with Crippen molar-refractivity contribution >= 4 is 17.5 Å². The zero-order chi connectivity index (χ0) is 21.0. The van der Waals surface area contributed by atoms with Crippen LogP contribution in [0, 0.1) is 5.92 Å². The molecule has 3 rings (SSSR count). The maximum absolute atomic E-state index is 12.7. The van der Waals surface area contributed by atoms with Gasteiger partial charge < -0.3 is 20.1 Å². The number of rotatable bonds is 5. The second-order valence-corrected chi connectivity index (χ2v) is 6.52. The number of nitrogens with one attached hydrogen (secondary N) is 2. The molecule has 9 heteroatoms. The summed E-state index contributed by atoms with van der Waals surface area (Å²) in [6.07, 6.45) is -3.69. The number of halogens is 3. The van der Waals surface area contributed by atoms with Crippen LogP contribution in [0.3, 0.4) is 0 Å². The standard InChI is InChI=1S/C20H19F3N2O4/c1-28-17-8-7-15(29-14-5-3-13(4-6-14)20(21,22)23)10-16(17)25-19(27)12-2-9-18(26)24-11-12/h3-8,10,12H,2,9,11H2,1H3,(H,24,26)(H,25,27). The van der Waals surface area contributed by atoms with Crippen molar-refractivity contribution in [2.75, 3.05) is 19.0 Å². The minimum atomic E-state index is -4.42. The molecule has 2 aromatic carbocycles. The van der Waals surface area contributed by atoms with Crippen molar-refractivity contribution in [3.8, 4) is 17.2 Å². The Morgan fingerprint density at radius 1 is 1.14 bits per heavy atom. The van der Waals surface area contributed by atoms with E-state index in [4.69, 9.17) is 9.47 Å². The summed E-state index contributed by atoms with van der Waals surface area (Å²) in [5.74, 6) is 0.219. The maximum Gasteiger partial charge on any atom is 0.416 e. The highest BCUT2D eigenvalue weighted by atomic mass is 19.4. The molecule has 154 valence electrons. The van der Waals surface area contributed by atoms with E-state index in [1.807, 2.05) is 0 Å². The lowest BCUT2D eigenvalue weighted by atomic mass is 9.98. The molecule has 1 fully saturated rings. The second kappa shape index (κ2) is 8.42. The lowest BCUT2D eigenvalue weighted by Gasteiger charge is -2.22. The third-order valence-corrected chi connectivity index (χ3v) is 4.48. The van der Waals surface area contributed by atoms with E-state index in [2.05, 4.69) is 10.6 Å². The lowest BCUT2D eigenvalue weighted by Crippen LogP contribution is -2.40. The summed E-state index contributed by atoms with van der Waals surface area (Å²) in [5.41, 5.74) is -0.411. The van der Waals surface area contributed by atoms with Gasteiger partial charge in [-0.25, -0.2) is 0 Å². The summed E-state index contributed by atoms with van der Waals surface area (Å²) in [5, 5.41) is 5.41. The molecule has 1 unspecified atom stereocenters. The van der Waals surface area contributed by atoms with Gasteiger partial charge >= 0.3 is 6.18 Å². The third-order valence-electron chi connectivity index (χ3n) is 4.48. The summed E-state index contributed by atoms with van der Waals surface area (Å²) in [7, 11) is 1.45. The molecule has 0 saturated carbocycles. The molecular formula is C20H19F3N2O4. The average Bonchev–Trinajstić information content (AvgIpc) is 2.68. The number of anilines is 1.